The van der Waals surface area contributed by atoms with E-state index in [4.69, 9.17) is 11.6 Å². The van der Waals surface area contributed by atoms with Crippen molar-refractivity contribution in [3.05, 3.63) is 80.7 Å². The predicted molar refractivity (Wildman–Crippen MR) is 124 cm³/mol. The lowest BCUT2D eigenvalue weighted by Gasteiger charge is -2.15. The maximum absolute atomic E-state index is 13.4. The van der Waals surface area contributed by atoms with Gasteiger partial charge in [0.25, 0.3) is 5.56 Å². The number of carbonyl (C=O) groups is 1. The van der Waals surface area contributed by atoms with Crippen molar-refractivity contribution >= 4 is 44.7 Å². The maximum Gasteiger partial charge on any atom is 0.263 e. The zero-order chi connectivity index (χ0) is 21.4. The highest BCUT2D eigenvalue weighted by Crippen LogP contribution is 2.36. The third kappa shape index (κ3) is 3.76. The van der Waals surface area contributed by atoms with Gasteiger partial charge in [0.2, 0.25) is 5.91 Å². The molecular weight excluding hydrogens is 418 g/mol. The minimum atomic E-state index is -0.714. The zero-order valence-electron chi connectivity index (χ0n) is 16.8. The molecule has 0 spiro atoms. The van der Waals surface area contributed by atoms with Crippen molar-refractivity contribution in [1.82, 2.24) is 9.55 Å². The van der Waals surface area contributed by atoms with Crippen molar-refractivity contribution in [3.8, 4) is 11.1 Å². The molecule has 0 aliphatic rings. The fourth-order valence-electron chi connectivity index (χ4n) is 3.37. The van der Waals surface area contributed by atoms with Crippen molar-refractivity contribution in [2.75, 3.05) is 5.32 Å². The molecule has 152 valence electrons. The van der Waals surface area contributed by atoms with Crippen molar-refractivity contribution in [2.45, 2.75) is 26.8 Å². The lowest BCUT2D eigenvalue weighted by Crippen LogP contribution is -2.31. The van der Waals surface area contributed by atoms with E-state index in [1.807, 2.05) is 50.2 Å². The van der Waals surface area contributed by atoms with Crippen LogP contribution in [0.1, 0.15) is 23.4 Å². The van der Waals surface area contributed by atoms with Crippen LogP contribution in [-0.4, -0.2) is 15.5 Å². The number of nitrogens with one attached hydrogen (secondary N) is 1. The van der Waals surface area contributed by atoms with E-state index in [1.165, 1.54) is 22.2 Å². The number of hydrogen-bond donors (Lipinski definition) is 1. The number of anilines is 1. The van der Waals surface area contributed by atoms with E-state index < -0.39 is 6.04 Å². The number of amides is 1. The summed E-state index contributed by atoms with van der Waals surface area (Å²) in [7, 11) is 0. The Morgan fingerprint density at radius 1 is 1.10 bits per heavy atom. The second-order valence-electron chi connectivity index (χ2n) is 7.21. The van der Waals surface area contributed by atoms with Crippen LogP contribution in [-0.2, 0) is 4.79 Å². The largest absolute Gasteiger partial charge is 0.324 e. The van der Waals surface area contributed by atoms with Gasteiger partial charge in [-0.15, -0.1) is 11.3 Å². The van der Waals surface area contributed by atoms with Gasteiger partial charge in [-0.3, -0.25) is 14.2 Å². The molecule has 0 saturated carbocycles. The van der Waals surface area contributed by atoms with E-state index in [9.17, 15) is 9.59 Å². The van der Waals surface area contributed by atoms with Gasteiger partial charge in [-0.2, -0.15) is 0 Å². The molecule has 4 aromatic rings. The van der Waals surface area contributed by atoms with Gasteiger partial charge in [-0.25, -0.2) is 4.98 Å². The van der Waals surface area contributed by atoms with Gasteiger partial charge in [0.1, 0.15) is 10.9 Å². The lowest BCUT2D eigenvalue weighted by molar-refractivity contribution is -0.118. The van der Waals surface area contributed by atoms with E-state index >= 15 is 0 Å². The summed E-state index contributed by atoms with van der Waals surface area (Å²) in [6.45, 7) is 5.64. The molecule has 1 atom stereocenters. The summed E-state index contributed by atoms with van der Waals surface area (Å²) >= 11 is 7.49. The first-order valence-electron chi connectivity index (χ1n) is 9.49. The Morgan fingerprint density at radius 3 is 2.43 bits per heavy atom. The summed E-state index contributed by atoms with van der Waals surface area (Å²) in [5.41, 5.74) is 3.30. The van der Waals surface area contributed by atoms with E-state index in [2.05, 4.69) is 10.3 Å². The Bertz CT molecular complexity index is 1290. The van der Waals surface area contributed by atoms with Gasteiger partial charge in [-0.05, 0) is 50.6 Å². The average Bonchev–Trinajstić information content (AvgIpc) is 3.07. The highest BCUT2D eigenvalue weighted by Gasteiger charge is 2.22. The first-order valence-corrected chi connectivity index (χ1v) is 10.7. The molecule has 2 heterocycles. The summed E-state index contributed by atoms with van der Waals surface area (Å²) < 4.78 is 1.39. The second kappa shape index (κ2) is 8.05. The zero-order valence-corrected chi connectivity index (χ0v) is 18.3. The van der Waals surface area contributed by atoms with E-state index in [0.29, 0.717) is 20.9 Å². The standard InChI is InChI=1S/C23H20ClN3O2S/c1-13-4-10-18(11-5-13)26-21(28)14(2)27-12-25-22-20(23(27)29)19(15(3)30-22)16-6-8-17(24)9-7-16/h4-12,14H,1-3H3,(H,26,28). The minimum absolute atomic E-state index is 0.235. The van der Waals surface area contributed by atoms with Crippen LogP contribution < -0.4 is 10.9 Å². The Labute approximate surface area is 183 Å². The molecule has 0 radical (unpaired) electrons. The SMILES string of the molecule is Cc1ccc(NC(=O)C(C)n2cnc3sc(C)c(-c4ccc(Cl)cc4)c3c2=O)cc1. The third-order valence-corrected chi connectivity index (χ3v) is 6.33. The molecule has 0 aliphatic heterocycles. The van der Waals surface area contributed by atoms with Crippen LogP contribution in [0.2, 0.25) is 5.02 Å². The number of aryl methyl sites for hydroxylation is 2. The molecule has 30 heavy (non-hydrogen) atoms. The monoisotopic (exact) mass is 437 g/mol. The Balaban J connectivity index is 1.74. The number of hydrogen-bond acceptors (Lipinski definition) is 4. The molecule has 5 nitrogen and oxygen atoms in total. The first kappa shape index (κ1) is 20.3. The third-order valence-electron chi connectivity index (χ3n) is 5.06. The second-order valence-corrected chi connectivity index (χ2v) is 8.85. The first-order chi connectivity index (χ1) is 14.3. The number of rotatable bonds is 4. The van der Waals surface area contributed by atoms with E-state index in [1.54, 1.807) is 19.1 Å². The molecule has 0 aliphatic carbocycles. The van der Waals surface area contributed by atoms with Crippen LogP contribution in [0.4, 0.5) is 5.69 Å². The number of fused-ring (bicyclic) bond motifs is 1. The predicted octanol–water partition coefficient (Wildman–Crippen LogP) is 5.59. The fraction of sp³-hybridized carbons (Fsp3) is 0.174. The summed E-state index contributed by atoms with van der Waals surface area (Å²) in [5, 5.41) is 4.02. The van der Waals surface area contributed by atoms with Crippen LogP contribution in [0.15, 0.2) is 59.7 Å². The van der Waals surface area contributed by atoms with Crippen LogP contribution >= 0.6 is 22.9 Å². The summed E-state index contributed by atoms with van der Waals surface area (Å²) in [5.74, 6) is -0.276. The minimum Gasteiger partial charge on any atom is -0.324 e. The summed E-state index contributed by atoms with van der Waals surface area (Å²) in [4.78, 5) is 32.3. The van der Waals surface area contributed by atoms with Crippen LogP contribution in [0, 0.1) is 13.8 Å². The van der Waals surface area contributed by atoms with Crippen molar-refractivity contribution in [3.63, 3.8) is 0 Å². The van der Waals surface area contributed by atoms with Crippen LogP contribution in [0.3, 0.4) is 0 Å². The fourth-order valence-corrected chi connectivity index (χ4v) is 4.49. The maximum atomic E-state index is 13.4. The normalized spacial score (nSPS) is 12.1. The van der Waals surface area contributed by atoms with Gasteiger partial charge < -0.3 is 5.32 Å². The van der Waals surface area contributed by atoms with Gasteiger partial charge in [-0.1, -0.05) is 41.4 Å². The molecule has 1 unspecified atom stereocenters. The molecule has 2 aromatic heterocycles. The smallest absolute Gasteiger partial charge is 0.263 e. The molecule has 4 rings (SSSR count). The molecule has 2 aromatic carbocycles. The van der Waals surface area contributed by atoms with Crippen molar-refractivity contribution in [1.29, 1.82) is 0 Å². The molecule has 1 amide bonds. The highest BCUT2D eigenvalue weighted by atomic mass is 35.5. The molecule has 1 N–H and O–H groups in total. The topological polar surface area (TPSA) is 64.0 Å². The molecular formula is C23H20ClN3O2S. The number of aromatic nitrogens is 2. The number of thiophene rings is 1. The molecule has 0 saturated heterocycles. The number of carbonyl (C=O) groups excluding carboxylic acids is 1. The van der Waals surface area contributed by atoms with Crippen LogP contribution in [0.25, 0.3) is 21.3 Å². The van der Waals surface area contributed by atoms with Gasteiger partial charge in [0.05, 0.1) is 11.7 Å². The number of nitrogens with zero attached hydrogens (tertiary/aromatic N) is 2. The molecule has 7 heteroatoms. The quantitative estimate of drug-likeness (QED) is 0.452. The Kier molecular flexibility index (Phi) is 5.45. The Morgan fingerprint density at radius 2 is 1.77 bits per heavy atom. The summed E-state index contributed by atoms with van der Waals surface area (Å²) in [6.07, 6.45) is 1.45. The number of benzene rings is 2. The average molecular weight is 438 g/mol. The van der Waals surface area contributed by atoms with Gasteiger partial charge in [0.15, 0.2) is 0 Å². The van der Waals surface area contributed by atoms with Gasteiger partial charge in [0, 0.05) is 21.2 Å². The molecule has 0 fully saturated rings. The van der Waals surface area contributed by atoms with Crippen LogP contribution in [0.5, 0.6) is 0 Å². The molecule has 0 bridgehead atoms. The number of halogens is 1. The highest BCUT2D eigenvalue weighted by molar-refractivity contribution is 7.19. The van der Waals surface area contributed by atoms with E-state index in [0.717, 1.165) is 21.6 Å². The van der Waals surface area contributed by atoms with Gasteiger partial charge >= 0.3 is 0 Å². The van der Waals surface area contributed by atoms with Crippen molar-refractivity contribution < 1.29 is 4.79 Å². The lowest BCUT2D eigenvalue weighted by atomic mass is 10.0. The van der Waals surface area contributed by atoms with E-state index in [-0.39, 0.29) is 11.5 Å². The van der Waals surface area contributed by atoms with Crippen molar-refractivity contribution in [2.24, 2.45) is 0 Å². The Hall–Kier alpha value is -2.96. The summed E-state index contributed by atoms with van der Waals surface area (Å²) in [6, 6.07) is 14.2.